The van der Waals surface area contributed by atoms with Gasteiger partial charge < -0.3 is 15.2 Å². The molecule has 0 aromatic rings. The number of carboxylic acid groups (broad SMARTS) is 1. The van der Waals surface area contributed by atoms with Gasteiger partial charge >= 0.3 is 11.9 Å². The van der Waals surface area contributed by atoms with E-state index in [0.29, 0.717) is 6.42 Å². The summed E-state index contributed by atoms with van der Waals surface area (Å²) < 4.78 is 5.27. The lowest BCUT2D eigenvalue weighted by atomic mass is 10.1. The molecule has 212 valence electrons. The first kappa shape index (κ1) is 34.4. The zero-order valence-electron chi connectivity index (χ0n) is 23.6. The minimum absolute atomic E-state index is 0.270. The highest BCUT2D eigenvalue weighted by atomic mass is 16.5. The number of carboxylic acids is 1. The van der Waals surface area contributed by atoms with Crippen LogP contribution in [-0.4, -0.2) is 35.6 Å². The average molecular weight is 512 g/mol. The van der Waals surface area contributed by atoms with E-state index in [0.717, 1.165) is 38.5 Å². The van der Waals surface area contributed by atoms with Crippen LogP contribution in [0.3, 0.4) is 0 Å². The zero-order chi connectivity index (χ0) is 26.7. The van der Waals surface area contributed by atoms with Gasteiger partial charge in [-0.15, -0.1) is 0 Å². The van der Waals surface area contributed by atoms with Gasteiger partial charge in [-0.25, -0.2) is 4.79 Å². The summed E-state index contributed by atoms with van der Waals surface area (Å²) in [5.41, 5.74) is 0. The molecule has 2 N–H and O–H groups in total. The van der Waals surface area contributed by atoms with Crippen LogP contribution in [0.25, 0.3) is 0 Å². The molecule has 0 fully saturated rings. The van der Waals surface area contributed by atoms with Crippen LogP contribution in [0, 0.1) is 0 Å². The van der Waals surface area contributed by atoms with E-state index in [-0.39, 0.29) is 12.5 Å². The van der Waals surface area contributed by atoms with Gasteiger partial charge in [0.15, 0.2) is 0 Å². The number of carbonyl (C=O) groups excluding carboxylic acids is 2. The molecule has 0 saturated carbocycles. The van der Waals surface area contributed by atoms with E-state index in [1.807, 2.05) is 0 Å². The lowest BCUT2D eigenvalue weighted by molar-refractivity contribution is -0.151. The third-order valence-corrected chi connectivity index (χ3v) is 6.75. The van der Waals surface area contributed by atoms with Crippen molar-refractivity contribution in [3.05, 3.63) is 0 Å². The van der Waals surface area contributed by atoms with Crippen molar-refractivity contribution < 1.29 is 24.2 Å². The maximum Gasteiger partial charge on any atom is 0.329 e. The van der Waals surface area contributed by atoms with Gasteiger partial charge in [-0.05, 0) is 12.8 Å². The second-order valence-electron chi connectivity index (χ2n) is 10.4. The van der Waals surface area contributed by atoms with Gasteiger partial charge in [-0.3, -0.25) is 9.59 Å². The van der Waals surface area contributed by atoms with Crippen molar-refractivity contribution in [2.75, 3.05) is 6.61 Å². The average Bonchev–Trinajstić information content (AvgIpc) is 2.85. The predicted octanol–water partition coefficient (Wildman–Crippen LogP) is 8.11. The number of carbonyl (C=O) groups is 3. The number of hydrogen-bond acceptors (Lipinski definition) is 4. The molecule has 1 amide bonds. The van der Waals surface area contributed by atoms with Gasteiger partial charge in [0.2, 0.25) is 5.91 Å². The van der Waals surface area contributed by atoms with E-state index in [1.54, 1.807) is 0 Å². The molecule has 0 bridgehead atoms. The van der Waals surface area contributed by atoms with Crippen LogP contribution in [0.4, 0.5) is 0 Å². The molecule has 36 heavy (non-hydrogen) atoms. The van der Waals surface area contributed by atoms with E-state index in [4.69, 9.17) is 9.84 Å². The normalized spacial score (nSPS) is 11.8. The van der Waals surface area contributed by atoms with Crippen LogP contribution >= 0.6 is 0 Å². The summed E-state index contributed by atoms with van der Waals surface area (Å²) in [4.78, 5) is 35.7. The first-order valence-electron chi connectivity index (χ1n) is 15.2. The van der Waals surface area contributed by atoms with E-state index in [2.05, 4.69) is 19.2 Å². The van der Waals surface area contributed by atoms with Crippen molar-refractivity contribution in [2.24, 2.45) is 0 Å². The summed E-state index contributed by atoms with van der Waals surface area (Å²) in [6.07, 6.45) is 25.0. The number of aliphatic carboxylic acids is 1. The lowest BCUT2D eigenvalue weighted by Crippen LogP contribution is -2.43. The molecule has 0 unspecified atom stereocenters. The summed E-state index contributed by atoms with van der Waals surface area (Å²) in [7, 11) is 0. The molecule has 0 heterocycles. The zero-order valence-corrected chi connectivity index (χ0v) is 23.6. The fourth-order valence-corrected chi connectivity index (χ4v) is 4.45. The molecular weight excluding hydrogens is 454 g/mol. The Kier molecular flexibility index (Phi) is 25.3. The molecule has 0 aromatic carbocycles. The minimum Gasteiger partial charge on any atom is -0.481 e. The molecule has 0 radical (unpaired) electrons. The Morgan fingerprint density at radius 2 is 1.00 bits per heavy atom. The quantitative estimate of drug-likeness (QED) is 0.0858. The second-order valence-corrected chi connectivity index (χ2v) is 10.4. The summed E-state index contributed by atoms with van der Waals surface area (Å²) in [5.74, 6) is -2.03. The van der Waals surface area contributed by atoms with Crippen LogP contribution < -0.4 is 5.32 Å². The number of ether oxygens (including phenoxy) is 1. The highest BCUT2D eigenvalue weighted by molar-refractivity contribution is 5.87. The molecule has 0 spiro atoms. The number of hydrogen-bond donors (Lipinski definition) is 2. The molecule has 6 nitrogen and oxygen atoms in total. The number of rotatable bonds is 27. The maximum absolute atomic E-state index is 12.3. The standard InChI is InChI=1S/C30H57NO5/c1-3-5-7-9-11-13-15-16-18-20-22-24-28(32)31-27(26-29(33)34)30(35)36-25-23-21-19-17-14-12-10-8-6-4-2/h27H,3-26H2,1-2H3,(H,31,32)(H,33,34)/t27-/m0/s1. The molecule has 0 aliphatic rings. The summed E-state index contributed by atoms with van der Waals surface area (Å²) in [5, 5.41) is 11.7. The van der Waals surface area contributed by atoms with E-state index < -0.39 is 24.4 Å². The fraction of sp³-hybridized carbons (Fsp3) is 0.900. The van der Waals surface area contributed by atoms with Gasteiger partial charge in [0, 0.05) is 6.42 Å². The first-order chi connectivity index (χ1) is 17.5. The molecule has 0 aromatic heterocycles. The first-order valence-corrected chi connectivity index (χ1v) is 15.2. The lowest BCUT2D eigenvalue weighted by Gasteiger charge is -2.16. The summed E-state index contributed by atoms with van der Waals surface area (Å²) >= 11 is 0. The van der Waals surface area contributed by atoms with E-state index in [1.165, 1.54) is 96.3 Å². The molecule has 0 aliphatic heterocycles. The molecule has 0 aliphatic carbocycles. The topological polar surface area (TPSA) is 92.7 Å². The maximum atomic E-state index is 12.3. The number of unbranched alkanes of at least 4 members (excludes halogenated alkanes) is 19. The molecular formula is C30H57NO5. The Hall–Kier alpha value is -1.59. The van der Waals surface area contributed by atoms with Gasteiger partial charge in [0.1, 0.15) is 6.04 Å². The Balaban J connectivity index is 3.86. The highest BCUT2D eigenvalue weighted by Crippen LogP contribution is 2.13. The van der Waals surface area contributed by atoms with Crippen molar-refractivity contribution in [3.63, 3.8) is 0 Å². The number of nitrogens with one attached hydrogen (secondary N) is 1. The minimum atomic E-state index is -1.12. The monoisotopic (exact) mass is 511 g/mol. The number of esters is 1. The van der Waals surface area contributed by atoms with E-state index >= 15 is 0 Å². The van der Waals surface area contributed by atoms with Crippen molar-refractivity contribution >= 4 is 17.8 Å². The molecule has 0 rings (SSSR count). The molecule has 1 atom stereocenters. The van der Waals surface area contributed by atoms with Crippen LogP contribution in [-0.2, 0) is 19.1 Å². The Bertz CT molecular complexity index is 537. The van der Waals surface area contributed by atoms with Crippen LogP contribution in [0.2, 0.25) is 0 Å². The van der Waals surface area contributed by atoms with Gasteiger partial charge in [-0.2, -0.15) is 0 Å². The smallest absolute Gasteiger partial charge is 0.329 e. The Morgan fingerprint density at radius 3 is 1.42 bits per heavy atom. The van der Waals surface area contributed by atoms with Crippen LogP contribution in [0.15, 0.2) is 0 Å². The second kappa shape index (κ2) is 26.5. The Labute approximate surface area is 221 Å². The van der Waals surface area contributed by atoms with Crippen molar-refractivity contribution in [1.82, 2.24) is 5.32 Å². The molecule has 6 heteroatoms. The van der Waals surface area contributed by atoms with Crippen LogP contribution in [0.5, 0.6) is 0 Å². The fourth-order valence-electron chi connectivity index (χ4n) is 4.45. The van der Waals surface area contributed by atoms with Gasteiger partial charge in [-0.1, -0.05) is 136 Å². The summed E-state index contributed by atoms with van der Waals surface area (Å²) in [6.45, 7) is 4.74. The van der Waals surface area contributed by atoms with Crippen molar-refractivity contribution in [2.45, 2.75) is 168 Å². The Morgan fingerprint density at radius 1 is 0.611 bits per heavy atom. The third kappa shape index (κ3) is 24.1. The van der Waals surface area contributed by atoms with E-state index in [9.17, 15) is 14.4 Å². The number of amides is 1. The highest BCUT2D eigenvalue weighted by Gasteiger charge is 2.24. The molecule has 0 saturated heterocycles. The third-order valence-electron chi connectivity index (χ3n) is 6.75. The van der Waals surface area contributed by atoms with Crippen molar-refractivity contribution in [1.29, 1.82) is 0 Å². The summed E-state index contributed by atoms with van der Waals surface area (Å²) in [6, 6.07) is -1.11. The van der Waals surface area contributed by atoms with Crippen LogP contribution in [0.1, 0.15) is 162 Å². The van der Waals surface area contributed by atoms with Gasteiger partial charge in [0.05, 0.1) is 13.0 Å². The largest absolute Gasteiger partial charge is 0.481 e. The van der Waals surface area contributed by atoms with Gasteiger partial charge in [0.25, 0.3) is 0 Å². The predicted molar refractivity (Wildman–Crippen MR) is 148 cm³/mol. The van der Waals surface area contributed by atoms with Crippen molar-refractivity contribution in [3.8, 4) is 0 Å². The SMILES string of the molecule is CCCCCCCCCCCCCC(=O)N[C@@H](CC(=O)O)C(=O)OCCCCCCCCCCCC.